The molecule has 0 aliphatic rings. The van der Waals surface area contributed by atoms with E-state index in [4.69, 9.17) is 14.2 Å². The lowest BCUT2D eigenvalue weighted by Gasteiger charge is -2.39. The molecule has 22 heavy (non-hydrogen) atoms. The minimum atomic E-state index is -1.38. The van der Waals surface area contributed by atoms with Gasteiger partial charge in [0.1, 0.15) is 12.0 Å². The maximum absolute atomic E-state index is 12.7. The van der Waals surface area contributed by atoms with Gasteiger partial charge in [-0.05, 0) is 26.7 Å². The van der Waals surface area contributed by atoms with E-state index in [1.807, 2.05) is 19.9 Å². The zero-order chi connectivity index (χ0) is 17.2. The molecule has 5 nitrogen and oxygen atoms in total. The normalized spacial score (nSPS) is 14.8. The number of methoxy groups -OCH3 is 2. The summed E-state index contributed by atoms with van der Waals surface area (Å²) in [5.41, 5.74) is -0.365. The van der Waals surface area contributed by atoms with Crippen LogP contribution in [0.5, 0.6) is 0 Å². The number of carbonyl (C=O) groups excluding carboxylic acids is 1. The Labute approximate surface area is 133 Å². The van der Waals surface area contributed by atoms with Crippen molar-refractivity contribution < 1.29 is 24.1 Å². The number of carbonyl (C=O) groups is 1. The van der Waals surface area contributed by atoms with Gasteiger partial charge in [-0.2, -0.15) is 0 Å². The molecule has 0 radical (unpaired) electrons. The Morgan fingerprint density at radius 1 is 1.23 bits per heavy atom. The van der Waals surface area contributed by atoms with E-state index < -0.39 is 23.8 Å². The number of esters is 1. The summed E-state index contributed by atoms with van der Waals surface area (Å²) < 4.78 is 15.8. The van der Waals surface area contributed by atoms with Gasteiger partial charge in [-0.1, -0.05) is 30.4 Å². The highest BCUT2D eigenvalue weighted by molar-refractivity contribution is 5.78. The number of ether oxygens (including phenoxy) is 3. The van der Waals surface area contributed by atoms with Crippen LogP contribution < -0.4 is 0 Å². The first-order chi connectivity index (χ1) is 10.4. The maximum atomic E-state index is 12.7. The minimum absolute atomic E-state index is 0.0519. The number of hydrogen-bond acceptors (Lipinski definition) is 5. The highest BCUT2D eigenvalue weighted by Crippen LogP contribution is 2.37. The van der Waals surface area contributed by atoms with Crippen molar-refractivity contribution in [2.45, 2.75) is 39.1 Å². The van der Waals surface area contributed by atoms with E-state index in [1.54, 1.807) is 6.08 Å². The van der Waals surface area contributed by atoms with Crippen molar-refractivity contribution in [1.82, 2.24) is 0 Å². The first-order valence-electron chi connectivity index (χ1n) is 7.16. The molecule has 5 heteroatoms. The number of hydrogen-bond donors (Lipinski definition) is 1. The smallest absolute Gasteiger partial charge is 0.320 e. The van der Waals surface area contributed by atoms with Crippen molar-refractivity contribution in [3.8, 4) is 0 Å². The zero-order valence-electron chi connectivity index (χ0n) is 14.0. The lowest BCUT2D eigenvalue weighted by atomic mass is 9.76. The summed E-state index contributed by atoms with van der Waals surface area (Å²) in [6.45, 7) is 11.0. The summed E-state index contributed by atoms with van der Waals surface area (Å²) in [6, 6.07) is 0. The zero-order valence-corrected chi connectivity index (χ0v) is 14.0. The third-order valence-corrected chi connectivity index (χ3v) is 3.39. The van der Waals surface area contributed by atoms with Crippen LogP contribution in [0.25, 0.3) is 0 Å². The van der Waals surface area contributed by atoms with Crippen LogP contribution in [0.15, 0.2) is 37.0 Å². The molecule has 0 saturated carbocycles. The molecule has 0 heterocycles. The van der Waals surface area contributed by atoms with Crippen LogP contribution in [0.4, 0.5) is 0 Å². The van der Waals surface area contributed by atoms with Gasteiger partial charge in [0.05, 0.1) is 6.10 Å². The molecule has 126 valence electrons. The molecule has 0 bridgehead atoms. The molecule has 0 aliphatic heterocycles. The minimum Gasteiger partial charge on any atom is -0.461 e. The summed E-state index contributed by atoms with van der Waals surface area (Å²) in [5.74, 6) is -0.590. The number of rotatable bonds is 11. The van der Waals surface area contributed by atoms with Gasteiger partial charge in [0.2, 0.25) is 0 Å². The van der Waals surface area contributed by atoms with E-state index in [0.29, 0.717) is 0 Å². The average Bonchev–Trinajstić information content (AvgIpc) is 2.49. The van der Waals surface area contributed by atoms with Gasteiger partial charge in [-0.3, -0.25) is 4.79 Å². The van der Waals surface area contributed by atoms with Crippen LogP contribution >= 0.6 is 0 Å². The Kier molecular flexibility index (Phi) is 9.65. The molecule has 0 saturated heterocycles. The molecule has 1 N–H and O–H groups in total. The second-order valence-electron chi connectivity index (χ2n) is 5.26. The number of aliphatic hydroxyl groups excluding tert-OH is 1. The van der Waals surface area contributed by atoms with Gasteiger partial charge in [0, 0.05) is 14.2 Å². The third-order valence-electron chi connectivity index (χ3n) is 3.39. The van der Waals surface area contributed by atoms with Crippen LogP contribution in [-0.4, -0.2) is 44.3 Å². The maximum Gasteiger partial charge on any atom is 0.320 e. The van der Waals surface area contributed by atoms with Crippen LogP contribution in [-0.2, 0) is 19.0 Å². The molecular formula is C17H28O5. The molecule has 0 fully saturated rings. The third kappa shape index (κ3) is 5.09. The molecule has 0 aromatic heterocycles. The fourth-order valence-corrected chi connectivity index (χ4v) is 2.23. The van der Waals surface area contributed by atoms with E-state index in [9.17, 15) is 9.90 Å². The Bertz CT molecular complexity index is 394. The van der Waals surface area contributed by atoms with Crippen molar-refractivity contribution in [1.29, 1.82) is 0 Å². The first-order valence-corrected chi connectivity index (χ1v) is 7.16. The van der Waals surface area contributed by atoms with Crippen LogP contribution in [0.3, 0.4) is 0 Å². The first kappa shape index (κ1) is 20.6. The summed E-state index contributed by atoms with van der Waals surface area (Å²) in [5, 5.41) is 10.6. The highest BCUT2D eigenvalue weighted by Gasteiger charge is 2.52. The van der Waals surface area contributed by atoms with Gasteiger partial charge in [-0.25, -0.2) is 0 Å². The van der Waals surface area contributed by atoms with E-state index >= 15 is 0 Å². The Morgan fingerprint density at radius 2 is 1.82 bits per heavy atom. The van der Waals surface area contributed by atoms with E-state index in [-0.39, 0.29) is 19.4 Å². The number of aliphatic hydroxyl groups is 1. The second-order valence-corrected chi connectivity index (χ2v) is 5.26. The van der Waals surface area contributed by atoms with Crippen molar-refractivity contribution in [2.24, 2.45) is 5.41 Å². The molecular weight excluding hydrogens is 284 g/mol. The van der Waals surface area contributed by atoms with E-state index in [0.717, 1.165) is 5.57 Å². The fourth-order valence-electron chi connectivity index (χ4n) is 2.23. The summed E-state index contributed by atoms with van der Waals surface area (Å²) in [4.78, 5) is 12.7. The Balaban J connectivity index is 5.86. The predicted octanol–water partition coefficient (Wildman–Crippen LogP) is 2.61. The fraction of sp³-hybridized carbons (Fsp3) is 0.588. The molecule has 0 spiro atoms. The van der Waals surface area contributed by atoms with Crippen LogP contribution in [0, 0.1) is 5.41 Å². The summed E-state index contributed by atoms with van der Waals surface area (Å²) in [6.07, 6.45) is 3.31. The Morgan fingerprint density at radius 3 is 2.23 bits per heavy atom. The molecule has 0 rings (SSSR count). The van der Waals surface area contributed by atoms with E-state index in [1.165, 1.54) is 20.3 Å². The molecule has 0 aliphatic carbocycles. The lowest BCUT2D eigenvalue weighted by molar-refractivity contribution is -0.223. The van der Waals surface area contributed by atoms with Gasteiger partial charge < -0.3 is 19.3 Å². The van der Waals surface area contributed by atoms with Crippen molar-refractivity contribution in [2.75, 3.05) is 20.8 Å². The predicted molar refractivity (Wildman–Crippen MR) is 86.3 cm³/mol. The van der Waals surface area contributed by atoms with E-state index in [2.05, 4.69) is 13.2 Å². The van der Waals surface area contributed by atoms with Gasteiger partial charge in [-0.15, -0.1) is 6.58 Å². The Hall–Kier alpha value is -1.43. The van der Waals surface area contributed by atoms with Crippen molar-refractivity contribution in [3.05, 3.63) is 37.0 Å². The molecule has 0 amide bonds. The molecule has 0 aromatic rings. The monoisotopic (exact) mass is 312 g/mol. The van der Waals surface area contributed by atoms with Gasteiger partial charge in [0.15, 0.2) is 6.29 Å². The number of allylic oxidation sites excluding steroid dienone is 2. The SMILES string of the molecule is C=CCOC(=O)[C@](CC=C(C)C)(C(OC)OC)[C@H](O)CC=C. The molecule has 0 unspecified atom stereocenters. The lowest BCUT2D eigenvalue weighted by Crippen LogP contribution is -2.53. The van der Waals surface area contributed by atoms with Crippen molar-refractivity contribution >= 4 is 5.97 Å². The topological polar surface area (TPSA) is 65.0 Å². The average molecular weight is 312 g/mol. The van der Waals surface area contributed by atoms with Crippen molar-refractivity contribution in [3.63, 3.8) is 0 Å². The largest absolute Gasteiger partial charge is 0.461 e. The molecule has 2 atom stereocenters. The summed E-state index contributed by atoms with van der Waals surface area (Å²) in [7, 11) is 2.85. The standard InChI is InChI=1S/C17H28O5/c1-7-9-14(18)17(11-10-13(3)4,16(20-5)21-6)15(19)22-12-8-2/h7-8,10,14,16,18H,1-2,9,11-12H2,3-6H3/t14-,17-/m1/s1. The highest BCUT2D eigenvalue weighted by atomic mass is 16.7. The summed E-state index contributed by atoms with van der Waals surface area (Å²) >= 11 is 0. The van der Waals surface area contributed by atoms with Crippen LogP contribution in [0.2, 0.25) is 0 Å². The van der Waals surface area contributed by atoms with Gasteiger partial charge >= 0.3 is 5.97 Å². The molecule has 0 aromatic carbocycles. The van der Waals surface area contributed by atoms with Crippen LogP contribution in [0.1, 0.15) is 26.7 Å². The quantitative estimate of drug-likeness (QED) is 0.361. The van der Waals surface area contributed by atoms with Gasteiger partial charge in [0.25, 0.3) is 0 Å². The second kappa shape index (κ2) is 10.3.